The number of nitrogens with zero attached hydrogens (tertiary/aromatic N) is 1. The minimum atomic E-state index is -0.522. The van der Waals surface area contributed by atoms with Gasteiger partial charge in [-0.05, 0) is 51.7 Å². The van der Waals surface area contributed by atoms with Crippen molar-refractivity contribution in [1.82, 2.24) is 5.06 Å². The number of rotatable bonds is 2. The molecular weight excluding hydrogens is 269 g/mol. The summed E-state index contributed by atoms with van der Waals surface area (Å²) in [7, 11) is 0.787. The Kier molecular flexibility index (Phi) is 3.91. The molecule has 1 aromatic rings. The van der Waals surface area contributed by atoms with Crippen LogP contribution in [-0.2, 0) is 9.31 Å². The summed E-state index contributed by atoms with van der Waals surface area (Å²) >= 11 is 0. The van der Waals surface area contributed by atoms with Crippen molar-refractivity contribution in [2.75, 3.05) is 7.05 Å². The van der Waals surface area contributed by atoms with E-state index in [1.165, 1.54) is 7.05 Å². The van der Waals surface area contributed by atoms with Gasteiger partial charge in [-0.3, -0.25) is 10.0 Å². The van der Waals surface area contributed by atoms with Gasteiger partial charge in [0.15, 0.2) is 0 Å². The Balaban J connectivity index is 2.39. The first kappa shape index (κ1) is 16.0. The molecule has 0 unspecified atom stereocenters. The van der Waals surface area contributed by atoms with Crippen molar-refractivity contribution < 1.29 is 19.3 Å². The van der Waals surface area contributed by atoms with Crippen LogP contribution in [0.4, 0.5) is 0 Å². The molecule has 1 fully saturated rings. The smallest absolute Gasteiger partial charge is 0.399 e. The number of hydrogen-bond donors (Lipinski definition) is 1. The van der Waals surface area contributed by atoms with Crippen molar-refractivity contribution in [3.63, 3.8) is 0 Å². The van der Waals surface area contributed by atoms with Crippen molar-refractivity contribution in [2.45, 2.75) is 45.8 Å². The van der Waals surface area contributed by atoms with Gasteiger partial charge in [0.1, 0.15) is 0 Å². The van der Waals surface area contributed by atoms with Gasteiger partial charge in [-0.25, -0.2) is 5.06 Å². The highest BCUT2D eigenvalue weighted by Crippen LogP contribution is 2.36. The Hall–Kier alpha value is -1.37. The number of carbonyl (C=O) groups is 1. The molecule has 114 valence electrons. The lowest BCUT2D eigenvalue weighted by Gasteiger charge is -2.32. The molecule has 21 heavy (non-hydrogen) atoms. The lowest BCUT2D eigenvalue weighted by atomic mass is 9.75. The third-order valence-electron chi connectivity index (χ3n) is 4.41. The summed E-state index contributed by atoms with van der Waals surface area (Å²) in [4.78, 5) is 12.0. The van der Waals surface area contributed by atoms with Crippen LogP contribution in [0.2, 0.25) is 0 Å². The highest BCUT2D eigenvalue weighted by atomic mass is 16.7. The van der Waals surface area contributed by atoms with Crippen LogP contribution >= 0.6 is 0 Å². The second kappa shape index (κ2) is 5.12. The molecule has 1 saturated heterocycles. The maximum absolute atomic E-state index is 12.0. The fraction of sp³-hybridized carbons (Fsp3) is 0.533. The Morgan fingerprint density at radius 2 is 1.71 bits per heavy atom. The molecule has 1 aliphatic heterocycles. The van der Waals surface area contributed by atoms with Gasteiger partial charge >= 0.3 is 7.12 Å². The molecule has 5 nitrogen and oxygen atoms in total. The van der Waals surface area contributed by atoms with Crippen LogP contribution in [0.5, 0.6) is 0 Å². The normalized spacial score (nSPS) is 19.7. The average Bonchev–Trinajstić information content (AvgIpc) is 2.57. The molecule has 0 aliphatic carbocycles. The Morgan fingerprint density at radius 1 is 1.19 bits per heavy atom. The molecule has 1 amide bonds. The van der Waals surface area contributed by atoms with Gasteiger partial charge in [0, 0.05) is 12.6 Å². The third-order valence-corrected chi connectivity index (χ3v) is 4.41. The van der Waals surface area contributed by atoms with E-state index in [4.69, 9.17) is 9.31 Å². The van der Waals surface area contributed by atoms with Crippen LogP contribution in [0.3, 0.4) is 0 Å². The van der Waals surface area contributed by atoms with Gasteiger partial charge < -0.3 is 9.31 Å². The zero-order chi connectivity index (χ0) is 16.0. The standard InChI is InChI=1S/C15H22BNO4/c1-10-11(13(18)17(6)19)8-7-9-12(10)16-20-14(2,3)15(4,5)21-16/h7-9,19H,1-6H3. The van der Waals surface area contributed by atoms with Crippen LogP contribution in [-0.4, -0.2) is 41.5 Å². The Morgan fingerprint density at radius 3 is 2.19 bits per heavy atom. The fourth-order valence-corrected chi connectivity index (χ4v) is 2.28. The molecule has 0 radical (unpaired) electrons. The van der Waals surface area contributed by atoms with Crippen molar-refractivity contribution in [1.29, 1.82) is 0 Å². The highest BCUT2D eigenvalue weighted by molar-refractivity contribution is 6.62. The molecule has 1 aromatic carbocycles. The molecule has 0 atom stereocenters. The number of benzene rings is 1. The van der Waals surface area contributed by atoms with Gasteiger partial charge in [0.05, 0.1) is 11.2 Å². The van der Waals surface area contributed by atoms with Gasteiger partial charge in [-0.1, -0.05) is 12.1 Å². The zero-order valence-electron chi connectivity index (χ0n) is 13.4. The molecule has 1 heterocycles. The topological polar surface area (TPSA) is 59.0 Å². The SMILES string of the molecule is Cc1c(B2OC(C)(C)C(C)(C)O2)cccc1C(=O)N(C)O. The maximum Gasteiger partial charge on any atom is 0.495 e. The molecule has 2 rings (SSSR count). The first-order chi connectivity index (χ1) is 9.57. The second-order valence-electron chi connectivity index (χ2n) is 6.44. The Bertz CT molecular complexity index is 553. The van der Waals surface area contributed by atoms with Crippen LogP contribution < -0.4 is 5.46 Å². The zero-order valence-corrected chi connectivity index (χ0v) is 13.4. The Labute approximate surface area is 125 Å². The summed E-state index contributed by atoms with van der Waals surface area (Å²) < 4.78 is 12.0. The van der Waals surface area contributed by atoms with Crippen LogP contribution in [0.15, 0.2) is 18.2 Å². The molecule has 1 aliphatic rings. The molecule has 0 bridgehead atoms. The van der Waals surface area contributed by atoms with E-state index in [0.29, 0.717) is 10.6 Å². The quantitative estimate of drug-likeness (QED) is 0.512. The largest absolute Gasteiger partial charge is 0.495 e. The van der Waals surface area contributed by atoms with Gasteiger partial charge in [0.25, 0.3) is 5.91 Å². The monoisotopic (exact) mass is 291 g/mol. The summed E-state index contributed by atoms with van der Waals surface area (Å²) in [6, 6.07) is 5.33. The van der Waals surface area contributed by atoms with Gasteiger partial charge in [-0.15, -0.1) is 0 Å². The highest BCUT2D eigenvalue weighted by Gasteiger charge is 2.52. The summed E-state index contributed by atoms with van der Waals surface area (Å²) in [5.41, 5.74) is 1.13. The number of hydrogen-bond acceptors (Lipinski definition) is 4. The molecule has 0 spiro atoms. The van der Waals surface area contributed by atoms with Crippen molar-refractivity contribution >= 4 is 18.5 Å². The van der Waals surface area contributed by atoms with Crippen LogP contribution in [0, 0.1) is 6.92 Å². The number of amides is 1. The minimum absolute atomic E-state index is 0.433. The fourth-order valence-electron chi connectivity index (χ4n) is 2.28. The molecule has 6 heteroatoms. The lowest BCUT2D eigenvalue weighted by molar-refractivity contribution is -0.0375. The summed E-state index contributed by atoms with van der Waals surface area (Å²) in [5.74, 6) is -0.453. The number of carbonyl (C=O) groups excluding carboxylic acids is 1. The van der Waals surface area contributed by atoms with Crippen molar-refractivity contribution in [2.24, 2.45) is 0 Å². The van der Waals surface area contributed by atoms with E-state index < -0.39 is 24.2 Å². The average molecular weight is 291 g/mol. The molecular formula is C15H22BNO4. The summed E-state index contributed by atoms with van der Waals surface area (Å²) in [6.07, 6.45) is 0. The predicted molar refractivity (Wildman–Crippen MR) is 80.8 cm³/mol. The van der Waals surface area contributed by atoms with Gasteiger partial charge in [0.2, 0.25) is 0 Å². The van der Waals surface area contributed by atoms with Crippen molar-refractivity contribution in [3.8, 4) is 0 Å². The van der Waals surface area contributed by atoms with Crippen molar-refractivity contribution in [3.05, 3.63) is 29.3 Å². The summed E-state index contributed by atoms with van der Waals surface area (Å²) in [5, 5.41) is 9.92. The van der Waals surface area contributed by atoms with E-state index in [2.05, 4.69) is 0 Å². The predicted octanol–water partition coefficient (Wildman–Crippen LogP) is 1.76. The van der Waals surface area contributed by atoms with E-state index in [1.807, 2.05) is 40.7 Å². The maximum atomic E-state index is 12.0. The second-order valence-corrected chi connectivity index (χ2v) is 6.44. The first-order valence-corrected chi connectivity index (χ1v) is 6.99. The van der Waals surface area contributed by atoms with E-state index in [0.717, 1.165) is 11.0 Å². The third kappa shape index (κ3) is 2.71. The molecule has 1 N–H and O–H groups in total. The minimum Gasteiger partial charge on any atom is -0.399 e. The molecule has 0 saturated carbocycles. The van der Waals surface area contributed by atoms with E-state index >= 15 is 0 Å². The lowest BCUT2D eigenvalue weighted by Crippen LogP contribution is -2.41. The molecule has 0 aromatic heterocycles. The van der Waals surface area contributed by atoms with E-state index in [1.54, 1.807) is 12.1 Å². The van der Waals surface area contributed by atoms with Crippen LogP contribution in [0.1, 0.15) is 43.6 Å². The summed E-state index contributed by atoms with van der Waals surface area (Å²) in [6.45, 7) is 9.77. The van der Waals surface area contributed by atoms with E-state index in [9.17, 15) is 10.0 Å². The van der Waals surface area contributed by atoms with Crippen LogP contribution in [0.25, 0.3) is 0 Å². The van der Waals surface area contributed by atoms with E-state index in [-0.39, 0.29) is 0 Å². The number of hydroxylamine groups is 2. The van der Waals surface area contributed by atoms with Gasteiger partial charge in [-0.2, -0.15) is 0 Å². The first-order valence-electron chi connectivity index (χ1n) is 6.99.